The zero-order chi connectivity index (χ0) is 33.0. The van der Waals surface area contributed by atoms with E-state index in [4.69, 9.17) is 14.5 Å². The molecule has 2 atom stereocenters. The molecule has 1 aromatic rings. The number of aromatic nitrogens is 1. The van der Waals surface area contributed by atoms with Crippen molar-refractivity contribution in [2.75, 3.05) is 14.2 Å². The summed E-state index contributed by atoms with van der Waals surface area (Å²) in [6.07, 6.45) is 9.08. The minimum absolute atomic E-state index is 0.0563. The Morgan fingerprint density at radius 1 is 1.00 bits per heavy atom. The summed E-state index contributed by atoms with van der Waals surface area (Å²) in [5.41, 5.74) is 9.93. The van der Waals surface area contributed by atoms with Crippen LogP contribution < -0.4 is 10.6 Å². The molecule has 238 valence electrons. The van der Waals surface area contributed by atoms with Crippen LogP contribution >= 0.6 is 0 Å². The number of H-pyrrole nitrogens is 1. The van der Waals surface area contributed by atoms with Crippen LogP contribution in [0.5, 0.6) is 0 Å². The molecule has 45 heavy (non-hydrogen) atoms. The van der Waals surface area contributed by atoms with Crippen LogP contribution in [-0.4, -0.2) is 54.7 Å². The van der Waals surface area contributed by atoms with Gasteiger partial charge >= 0.3 is 11.9 Å². The second-order valence-electron chi connectivity index (χ2n) is 11.4. The van der Waals surface area contributed by atoms with Crippen molar-refractivity contribution in [1.82, 2.24) is 15.6 Å². The molecule has 0 radical (unpaired) electrons. The Morgan fingerprint density at radius 3 is 2.27 bits per heavy atom. The van der Waals surface area contributed by atoms with Crippen molar-refractivity contribution >= 4 is 41.6 Å². The molecule has 3 aliphatic heterocycles. The Hall–Kier alpha value is -4.73. The Bertz CT molecular complexity index is 1650. The van der Waals surface area contributed by atoms with Gasteiger partial charge in [0.2, 0.25) is 5.91 Å². The van der Waals surface area contributed by atoms with E-state index in [-0.39, 0.29) is 48.6 Å². The van der Waals surface area contributed by atoms with Crippen LogP contribution in [0.15, 0.2) is 63.0 Å². The Balaban J connectivity index is 1.80. The highest BCUT2D eigenvalue weighted by Crippen LogP contribution is 2.36. The number of nitrogens with one attached hydrogen (secondary N) is 3. The normalized spacial score (nSPS) is 22.5. The van der Waals surface area contributed by atoms with Gasteiger partial charge in [-0.3, -0.25) is 24.2 Å². The fourth-order valence-corrected chi connectivity index (χ4v) is 6.08. The summed E-state index contributed by atoms with van der Waals surface area (Å²) in [7, 11) is 2.73. The Labute approximate surface area is 264 Å². The molecule has 1 aromatic heterocycles. The van der Waals surface area contributed by atoms with Crippen LogP contribution in [0.4, 0.5) is 0 Å². The standard InChI is InChI=1S/C35H42N4O6/c1-9-22-21(6)34(42)39-29(22)16-27-20(5)25(12-14-33(41)45-8)31(37-27)17-30-24(11-13-32(40)44-7)19(4)26(36-30)15-28-18(3)23(10-2)35(43)38-28/h9-10,16-17,21,28,37H,2,11-15H2,1,3-8H3,(H,38,43)(H,39,42)/b22-9-,29-16-,30-17-/t21-,28-/m0/s1. The van der Waals surface area contributed by atoms with E-state index in [9.17, 15) is 19.2 Å². The van der Waals surface area contributed by atoms with Crippen molar-refractivity contribution in [2.45, 2.75) is 72.8 Å². The minimum Gasteiger partial charge on any atom is -0.469 e. The maximum atomic E-state index is 12.4. The Morgan fingerprint density at radius 2 is 1.67 bits per heavy atom. The summed E-state index contributed by atoms with van der Waals surface area (Å²) in [5.74, 6) is -1.10. The number of methoxy groups -OCH3 is 2. The lowest BCUT2D eigenvalue weighted by Crippen LogP contribution is -2.30. The molecule has 0 bridgehead atoms. The van der Waals surface area contributed by atoms with E-state index in [0.717, 1.165) is 56.2 Å². The second kappa shape index (κ2) is 13.9. The third-order valence-electron chi connectivity index (χ3n) is 8.92. The number of amides is 2. The van der Waals surface area contributed by atoms with Crippen molar-refractivity contribution in [2.24, 2.45) is 10.9 Å². The van der Waals surface area contributed by atoms with Crippen LogP contribution in [0, 0.1) is 12.8 Å². The first-order chi connectivity index (χ1) is 21.4. The molecule has 0 aliphatic carbocycles. The van der Waals surface area contributed by atoms with E-state index < -0.39 is 0 Å². The lowest BCUT2D eigenvalue weighted by molar-refractivity contribution is -0.141. The zero-order valence-electron chi connectivity index (χ0n) is 27.1. The molecule has 10 heteroatoms. The molecule has 4 rings (SSSR count). The lowest BCUT2D eigenvalue weighted by Gasteiger charge is -2.13. The highest BCUT2D eigenvalue weighted by Gasteiger charge is 2.32. The van der Waals surface area contributed by atoms with Crippen LogP contribution in [-0.2, 0) is 35.1 Å². The zero-order valence-corrected chi connectivity index (χ0v) is 27.1. The maximum absolute atomic E-state index is 12.4. The third-order valence-corrected chi connectivity index (χ3v) is 8.92. The number of allylic oxidation sites excluding steroid dienone is 4. The van der Waals surface area contributed by atoms with Crippen LogP contribution in [0.2, 0.25) is 0 Å². The van der Waals surface area contributed by atoms with Gasteiger partial charge in [0.25, 0.3) is 5.91 Å². The molecule has 0 aromatic carbocycles. The van der Waals surface area contributed by atoms with Gasteiger partial charge in [-0.1, -0.05) is 18.7 Å². The van der Waals surface area contributed by atoms with Crippen LogP contribution in [0.25, 0.3) is 12.2 Å². The van der Waals surface area contributed by atoms with Gasteiger partial charge in [-0.05, 0) is 93.0 Å². The van der Waals surface area contributed by atoms with E-state index >= 15 is 0 Å². The molecule has 0 unspecified atom stereocenters. The number of hydrogen-bond donors (Lipinski definition) is 3. The quantitative estimate of drug-likeness (QED) is 0.302. The van der Waals surface area contributed by atoms with Gasteiger partial charge in [0.15, 0.2) is 0 Å². The Kier molecular flexibility index (Phi) is 10.3. The average molecular weight is 615 g/mol. The van der Waals surface area contributed by atoms with E-state index in [1.54, 1.807) is 6.08 Å². The van der Waals surface area contributed by atoms with Gasteiger partial charge < -0.3 is 25.1 Å². The third kappa shape index (κ3) is 6.84. The van der Waals surface area contributed by atoms with Crippen molar-refractivity contribution in [3.63, 3.8) is 0 Å². The molecule has 1 saturated heterocycles. The number of ether oxygens (including phenoxy) is 2. The summed E-state index contributed by atoms with van der Waals surface area (Å²) in [4.78, 5) is 57.7. The molecule has 0 saturated carbocycles. The highest BCUT2D eigenvalue weighted by molar-refractivity contribution is 6.07. The number of aromatic amines is 1. The molecule has 3 N–H and O–H groups in total. The first-order valence-electron chi connectivity index (χ1n) is 15.1. The molecule has 10 nitrogen and oxygen atoms in total. The van der Waals surface area contributed by atoms with E-state index in [1.807, 2.05) is 52.8 Å². The lowest BCUT2D eigenvalue weighted by atomic mass is 9.95. The number of nitrogens with zero attached hydrogens (tertiary/aromatic N) is 1. The number of esters is 2. The highest BCUT2D eigenvalue weighted by atomic mass is 16.5. The number of carbonyl (C=O) groups excluding carboxylic acids is 4. The monoisotopic (exact) mass is 614 g/mol. The average Bonchev–Trinajstić information content (AvgIpc) is 3.66. The first kappa shape index (κ1) is 33.2. The van der Waals surface area contributed by atoms with Gasteiger partial charge in [0, 0.05) is 47.6 Å². The smallest absolute Gasteiger partial charge is 0.305 e. The van der Waals surface area contributed by atoms with Crippen molar-refractivity contribution in [1.29, 1.82) is 0 Å². The molecule has 0 spiro atoms. The van der Waals surface area contributed by atoms with Crippen molar-refractivity contribution in [3.8, 4) is 0 Å². The molecule has 2 amide bonds. The minimum atomic E-state index is -0.323. The van der Waals surface area contributed by atoms with Crippen molar-refractivity contribution in [3.05, 3.63) is 80.5 Å². The SMILES string of the molecule is C=CC1=C(C)[C@H](CC2=N/C(=C\c3[nH]c(/C=C4\NC(=O)[C@@H](C)\C4=C\C)c(C)c3CCC(=O)OC)C(CCC(=O)OC)=C2C)NC1=O. The number of rotatable bonds is 11. The number of hydrogen-bond acceptors (Lipinski definition) is 7. The predicted octanol–water partition coefficient (Wildman–Crippen LogP) is 4.94. The van der Waals surface area contributed by atoms with Crippen molar-refractivity contribution < 1.29 is 28.7 Å². The molecular weight excluding hydrogens is 572 g/mol. The summed E-state index contributed by atoms with van der Waals surface area (Å²) in [5, 5.41) is 5.99. The summed E-state index contributed by atoms with van der Waals surface area (Å²) < 4.78 is 9.82. The largest absolute Gasteiger partial charge is 0.469 e. The van der Waals surface area contributed by atoms with E-state index in [2.05, 4.69) is 22.2 Å². The van der Waals surface area contributed by atoms with Gasteiger partial charge in [-0.2, -0.15) is 0 Å². The fraction of sp³-hybridized carbons (Fsp3) is 0.400. The molecule has 4 heterocycles. The topological polar surface area (TPSA) is 139 Å². The summed E-state index contributed by atoms with van der Waals surface area (Å²) >= 11 is 0. The first-order valence-corrected chi connectivity index (χ1v) is 15.1. The second-order valence-corrected chi connectivity index (χ2v) is 11.4. The molecule has 1 fully saturated rings. The van der Waals surface area contributed by atoms with E-state index in [0.29, 0.717) is 30.5 Å². The molecular formula is C35H42N4O6. The van der Waals surface area contributed by atoms with Crippen LogP contribution in [0.3, 0.4) is 0 Å². The summed E-state index contributed by atoms with van der Waals surface area (Å²) in [6, 6.07) is -0.216. The van der Waals surface area contributed by atoms with E-state index in [1.165, 1.54) is 14.2 Å². The van der Waals surface area contributed by atoms with Gasteiger partial charge in [0.1, 0.15) is 0 Å². The summed E-state index contributed by atoms with van der Waals surface area (Å²) in [6.45, 7) is 13.4. The predicted molar refractivity (Wildman–Crippen MR) is 174 cm³/mol. The van der Waals surface area contributed by atoms with Gasteiger partial charge in [0.05, 0.1) is 31.9 Å². The van der Waals surface area contributed by atoms with Gasteiger partial charge in [-0.15, -0.1) is 0 Å². The molecule has 3 aliphatic rings. The number of aliphatic imine (C=N–C) groups is 1. The number of carbonyl (C=O) groups is 4. The van der Waals surface area contributed by atoms with Gasteiger partial charge in [-0.25, -0.2) is 0 Å². The van der Waals surface area contributed by atoms with Crippen LogP contribution in [0.1, 0.15) is 75.9 Å². The fourth-order valence-electron chi connectivity index (χ4n) is 6.08. The maximum Gasteiger partial charge on any atom is 0.305 e.